The van der Waals surface area contributed by atoms with Crippen molar-refractivity contribution in [1.29, 1.82) is 0 Å². The highest BCUT2D eigenvalue weighted by molar-refractivity contribution is 7.91. The highest BCUT2D eigenvalue weighted by atomic mass is 32.2. The molecule has 5 fully saturated rings. The molecule has 3 amide bonds. The summed E-state index contributed by atoms with van der Waals surface area (Å²) >= 11 is 0. The summed E-state index contributed by atoms with van der Waals surface area (Å²) in [6, 6.07) is -1.06. The van der Waals surface area contributed by atoms with Crippen LogP contribution in [0, 0.1) is 40.4 Å². The van der Waals surface area contributed by atoms with Gasteiger partial charge < -0.3 is 19.3 Å². The lowest BCUT2D eigenvalue weighted by molar-refractivity contribution is -0.158. The van der Waals surface area contributed by atoms with Crippen LogP contribution < -0.4 is 4.72 Å². The van der Waals surface area contributed by atoms with Crippen LogP contribution in [0.25, 0.3) is 0 Å². The van der Waals surface area contributed by atoms with E-state index in [0.717, 1.165) is 31.3 Å². The lowest BCUT2D eigenvalue weighted by Gasteiger charge is -2.35. The normalized spacial score (nSPS) is 37.7. The molecular weight excluding hydrogens is 723 g/mol. The first-order valence-electron chi connectivity index (χ1n) is 20.0. The zero-order chi connectivity index (χ0) is 39.7. The average molecular weight is 780 g/mol. The van der Waals surface area contributed by atoms with Gasteiger partial charge in [0.1, 0.15) is 11.7 Å². The predicted molar refractivity (Wildman–Crippen MR) is 204 cm³/mol. The van der Waals surface area contributed by atoms with Gasteiger partial charge in [-0.1, -0.05) is 57.2 Å². The van der Waals surface area contributed by atoms with E-state index in [9.17, 15) is 32.4 Å². The van der Waals surface area contributed by atoms with Gasteiger partial charge in [0.2, 0.25) is 21.8 Å². The average Bonchev–Trinajstić information content (AvgIpc) is 4.04. The summed E-state index contributed by atoms with van der Waals surface area (Å²) in [5.74, 6) is -2.85. The Morgan fingerprint density at radius 2 is 1.84 bits per heavy atom. The van der Waals surface area contributed by atoms with Crippen molar-refractivity contribution in [2.45, 2.75) is 121 Å². The molecule has 2 unspecified atom stereocenters. The quantitative estimate of drug-likeness (QED) is 0.264. The molecule has 12 nitrogen and oxygen atoms in total. The minimum absolute atomic E-state index is 0.0126. The molecule has 4 bridgehead atoms. The van der Waals surface area contributed by atoms with E-state index >= 15 is 0 Å². The van der Waals surface area contributed by atoms with E-state index in [4.69, 9.17) is 9.47 Å². The van der Waals surface area contributed by atoms with Gasteiger partial charge >= 0.3 is 12.1 Å². The molecule has 7 rings (SSSR count). The van der Waals surface area contributed by atoms with Crippen LogP contribution >= 0.6 is 0 Å². The van der Waals surface area contributed by atoms with Crippen LogP contribution in [0.15, 0.2) is 48.6 Å². The lowest BCUT2D eigenvalue weighted by atomic mass is 9.77. The summed E-state index contributed by atoms with van der Waals surface area (Å²) in [6.07, 6.45) is 15.0. The molecule has 0 aromatic carbocycles. The Bertz CT molecular complexity index is 1860. The van der Waals surface area contributed by atoms with Crippen molar-refractivity contribution in [2.24, 2.45) is 40.4 Å². The number of hydrogen-bond acceptors (Lipinski definition) is 9. The van der Waals surface area contributed by atoms with Crippen molar-refractivity contribution >= 4 is 39.7 Å². The maximum atomic E-state index is 14.7. The van der Waals surface area contributed by atoms with Gasteiger partial charge in [-0.15, -0.1) is 6.58 Å². The number of carbonyl (C=O) groups is 5. The number of rotatable bonds is 7. The van der Waals surface area contributed by atoms with Crippen molar-refractivity contribution in [1.82, 2.24) is 14.5 Å². The molecule has 0 aromatic heterocycles. The number of amides is 3. The number of fused-ring (bicyclic) bond motifs is 4. The first-order chi connectivity index (χ1) is 25.8. The maximum absolute atomic E-state index is 14.7. The monoisotopic (exact) mass is 779 g/mol. The second kappa shape index (κ2) is 14.0. The maximum Gasteiger partial charge on any atom is 0.410 e. The summed E-state index contributed by atoms with van der Waals surface area (Å²) in [4.78, 5) is 73.3. The third-order valence-electron chi connectivity index (χ3n) is 13.7. The van der Waals surface area contributed by atoms with Gasteiger partial charge in [0.25, 0.3) is 0 Å². The molecule has 0 aromatic rings. The highest BCUT2D eigenvalue weighted by Crippen LogP contribution is 2.57. The van der Waals surface area contributed by atoms with Crippen molar-refractivity contribution < 1.29 is 41.9 Å². The van der Waals surface area contributed by atoms with Gasteiger partial charge in [0.05, 0.1) is 35.1 Å². The van der Waals surface area contributed by atoms with Gasteiger partial charge in [-0.25, -0.2) is 13.2 Å². The standard InChI is InChI=1S/C42H57N3O9S/c1-7-28-21-42(28,37(49)43-55(51,52)40(5)16-17-40)22-34(46)33-18-30-24-45(33)36(48)32(39(2,3)4)19-35(47)54-41(6)20-29(41)15-10-8-9-12-26-13-11-14-27-23-44(25-31(26)27)38(50)53-30/h7,9,11-14,27-33H,1,8,10,15-25H2,2-6H3,(H,43,49)/b12-9+/t27?,28-,29-,30-,31?,32-,33+,41-,42-/m1/s1. The Morgan fingerprint density at radius 3 is 2.51 bits per heavy atom. The van der Waals surface area contributed by atoms with Gasteiger partial charge in [0, 0.05) is 43.7 Å². The number of allylic oxidation sites excluding steroid dienone is 5. The number of Topliss-reactive ketones (excluding diaryl/α,β-unsaturated/α-hetero) is 1. The van der Waals surface area contributed by atoms with E-state index in [1.165, 1.54) is 4.90 Å². The fourth-order valence-corrected chi connectivity index (χ4v) is 10.6. The lowest BCUT2D eigenvalue weighted by Crippen LogP contribution is -2.49. The molecule has 13 heteroatoms. The zero-order valence-electron chi connectivity index (χ0n) is 32.9. The Hall–Kier alpha value is -3.74. The molecule has 55 heavy (non-hydrogen) atoms. The van der Waals surface area contributed by atoms with E-state index < -0.39 is 84.8 Å². The van der Waals surface area contributed by atoms with E-state index in [2.05, 4.69) is 35.6 Å². The Labute approximate surface area is 325 Å². The van der Waals surface area contributed by atoms with Crippen molar-refractivity contribution in [3.63, 3.8) is 0 Å². The molecule has 9 atom stereocenters. The topological polar surface area (TPSA) is 156 Å². The van der Waals surface area contributed by atoms with E-state index in [1.54, 1.807) is 17.9 Å². The summed E-state index contributed by atoms with van der Waals surface area (Å²) in [5, 5.41) is 0. The van der Waals surface area contributed by atoms with Crippen LogP contribution in [0.5, 0.6) is 0 Å². The number of hydrogen-bond donors (Lipinski definition) is 1. The molecule has 3 saturated carbocycles. The van der Waals surface area contributed by atoms with Gasteiger partial charge in [0.15, 0.2) is 5.78 Å². The highest BCUT2D eigenvalue weighted by Gasteiger charge is 2.63. The van der Waals surface area contributed by atoms with Crippen molar-refractivity contribution in [3.05, 3.63) is 48.6 Å². The van der Waals surface area contributed by atoms with Crippen LogP contribution in [-0.4, -0.2) is 90.0 Å². The van der Waals surface area contributed by atoms with Crippen LogP contribution in [0.2, 0.25) is 0 Å². The number of ether oxygens (including phenoxy) is 2. The fraction of sp³-hybridized carbons (Fsp3) is 0.690. The second-order valence-corrected chi connectivity index (χ2v) is 21.0. The number of carbonyl (C=O) groups excluding carboxylic acids is 5. The molecule has 2 saturated heterocycles. The van der Waals surface area contributed by atoms with Crippen LogP contribution in [0.1, 0.15) is 98.8 Å². The van der Waals surface area contributed by atoms with E-state index in [-0.39, 0.29) is 50.0 Å². The Kier molecular flexibility index (Phi) is 10.1. The first kappa shape index (κ1) is 39.5. The molecule has 4 aliphatic carbocycles. The minimum Gasteiger partial charge on any atom is -0.459 e. The van der Waals surface area contributed by atoms with Gasteiger partial charge in [-0.2, -0.15) is 0 Å². The summed E-state index contributed by atoms with van der Waals surface area (Å²) in [7, 11) is -3.96. The number of nitrogens with one attached hydrogen (secondary N) is 1. The fourth-order valence-electron chi connectivity index (χ4n) is 9.29. The number of sulfonamides is 1. The third-order valence-corrected chi connectivity index (χ3v) is 15.9. The van der Waals surface area contributed by atoms with Crippen molar-refractivity contribution in [2.75, 3.05) is 19.6 Å². The Morgan fingerprint density at radius 1 is 1.09 bits per heavy atom. The minimum atomic E-state index is -3.96. The van der Waals surface area contributed by atoms with Crippen molar-refractivity contribution in [3.8, 4) is 0 Å². The number of ketones is 1. The molecule has 300 valence electrons. The SMILES string of the molecule is C=C[C@@H]1C[C@]1(CC(=O)[C@@H]1C[C@@H]2CN1C(=O)[C@H](C(C)(C)C)CC(=O)O[C@]1(C)C[C@H]1CCC/C=C/C1=CC=CC3CN(CC13)C(=O)O2)C(=O)NS(=O)(=O)C1(C)CC1. The summed E-state index contributed by atoms with van der Waals surface area (Å²) in [5.41, 5.74) is -1.46. The van der Waals surface area contributed by atoms with Crippen LogP contribution in [0.3, 0.4) is 0 Å². The molecule has 0 radical (unpaired) electrons. The van der Waals surface area contributed by atoms with E-state index in [1.807, 2.05) is 33.8 Å². The number of esters is 1. The van der Waals surface area contributed by atoms with E-state index in [0.29, 0.717) is 25.9 Å². The Balaban J connectivity index is 1.16. The smallest absolute Gasteiger partial charge is 0.410 e. The largest absolute Gasteiger partial charge is 0.459 e. The van der Waals surface area contributed by atoms with Gasteiger partial charge in [-0.3, -0.25) is 23.9 Å². The molecule has 0 spiro atoms. The molecule has 1 N–H and O–H groups in total. The zero-order valence-corrected chi connectivity index (χ0v) is 33.7. The van der Waals surface area contributed by atoms with Crippen LogP contribution in [0.4, 0.5) is 4.79 Å². The molecule has 7 aliphatic rings. The first-order valence-corrected chi connectivity index (χ1v) is 21.5. The molecule has 3 heterocycles. The predicted octanol–water partition coefficient (Wildman–Crippen LogP) is 5.40. The summed E-state index contributed by atoms with van der Waals surface area (Å²) in [6.45, 7) is 13.9. The molecular formula is C42H57N3O9S. The third kappa shape index (κ3) is 7.70. The summed E-state index contributed by atoms with van der Waals surface area (Å²) < 4.78 is 39.5. The second-order valence-electron chi connectivity index (χ2n) is 18.8. The van der Waals surface area contributed by atoms with Crippen LogP contribution in [-0.2, 0) is 38.7 Å². The van der Waals surface area contributed by atoms with Gasteiger partial charge in [-0.05, 0) is 75.7 Å². The number of nitrogens with zero attached hydrogens (tertiary/aromatic N) is 2. The molecule has 3 aliphatic heterocycles.